The molecule has 148 valence electrons. The summed E-state index contributed by atoms with van der Waals surface area (Å²) in [4.78, 5) is 25.2. The highest BCUT2D eigenvalue weighted by molar-refractivity contribution is 5.95. The summed E-state index contributed by atoms with van der Waals surface area (Å²) in [7, 11) is 1.59. The van der Waals surface area contributed by atoms with Crippen molar-refractivity contribution < 1.29 is 23.8 Å². The van der Waals surface area contributed by atoms with Gasteiger partial charge in [0.05, 0.1) is 12.7 Å². The summed E-state index contributed by atoms with van der Waals surface area (Å²) < 4.78 is 19.8. The minimum atomic E-state index is -0.830. The first-order valence-corrected chi connectivity index (χ1v) is 9.43. The van der Waals surface area contributed by atoms with Gasteiger partial charge in [0.2, 0.25) is 0 Å². The largest absolute Gasteiger partial charge is 0.497 e. The lowest BCUT2D eigenvalue weighted by molar-refractivity contribution is -0.137. The maximum Gasteiger partial charge on any atom is 0.303 e. The van der Waals surface area contributed by atoms with Crippen LogP contribution in [0.2, 0.25) is 0 Å². The van der Waals surface area contributed by atoms with Crippen LogP contribution in [0.3, 0.4) is 0 Å². The number of rotatable bonds is 6. The molecule has 0 radical (unpaired) electrons. The van der Waals surface area contributed by atoms with Gasteiger partial charge in [-0.25, -0.2) is 4.39 Å². The zero-order chi connectivity index (χ0) is 20.1. The van der Waals surface area contributed by atoms with E-state index in [1.165, 1.54) is 12.1 Å². The van der Waals surface area contributed by atoms with Gasteiger partial charge < -0.3 is 14.7 Å². The van der Waals surface area contributed by atoms with Crippen LogP contribution in [0.4, 0.5) is 4.39 Å². The van der Waals surface area contributed by atoms with Gasteiger partial charge in [0.25, 0.3) is 5.91 Å². The van der Waals surface area contributed by atoms with Gasteiger partial charge in [0.1, 0.15) is 11.6 Å². The fourth-order valence-corrected chi connectivity index (χ4v) is 3.63. The van der Waals surface area contributed by atoms with Crippen molar-refractivity contribution in [3.05, 3.63) is 53.8 Å². The zero-order valence-electron chi connectivity index (χ0n) is 15.9. The monoisotopic (exact) mass is 385 g/mol. The number of amides is 1. The molecular formula is C22H24FNO4. The lowest BCUT2D eigenvalue weighted by Crippen LogP contribution is -2.40. The summed E-state index contributed by atoms with van der Waals surface area (Å²) in [6.45, 7) is 1.05. The summed E-state index contributed by atoms with van der Waals surface area (Å²) >= 11 is 0. The third-order valence-electron chi connectivity index (χ3n) is 5.20. The Kier molecular flexibility index (Phi) is 6.29. The number of halogens is 1. The Morgan fingerprint density at radius 1 is 1.18 bits per heavy atom. The molecule has 1 atom stereocenters. The van der Waals surface area contributed by atoms with Crippen molar-refractivity contribution in [2.24, 2.45) is 5.92 Å². The number of carbonyl (C=O) groups is 2. The van der Waals surface area contributed by atoms with Crippen LogP contribution in [0, 0.1) is 11.7 Å². The number of nitrogens with zero attached hydrogens (tertiary/aromatic N) is 1. The van der Waals surface area contributed by atoms with Crippen LogP contribution < -0.4 is 4.74 Å². The molecule has 2 aromatic carbocycles. The van der Waals surface area contributed by atoms with Gasteiger partial charge in [0.15, 0.2) is 0 Å². The van der Waals surface area contributed by atoms with E-state index in [1.54, 1.807) is 30.2 Å². The molecule has 0 spiro atoms. The van der Waals surface area contributed by atoms with Gasteiger partial charge in [-0.2, -0.15) is 0 Å². The molecule has 1 heterocycles. The number of carbonyl (C=O) groups excluding carboxylic acids is 1. The molecule has 1 amide bonds. The minimum Gasteiger partial charge on any atom is -0.497 e. The van der Waals surface area contributed by atoms with Crippen LogP contribution in [0.15, 0.2) is 42.5 Å². The second kappa shape index (κ2) is 8.87. The standard InChI is InChI=1S/C22H24FNO4/c1-28-18-8-5-16(6-9-18)17-7-10-19(20(23)13-17)22(27)24-12-2-3-15(14-24)4-11-21(25)26/h5-10,13,15H,2-4,11-12,14H2,1H3,(H,25,26). The molecular weight excluding hydrogens is 361 g/mol. The Balaban J connectivity index is 1.72. The summed E-state index contributed by atoms with van der Waals surface area (Å²) in [6, 6.07) is 11.9. The van der Waals surface area contributed by atoms with E-state index in [2.05, 4.69) is 0 Å². The van der Waals surface area contributed by atoms with Crippen LogP contribution in [-0.4, -0.2) is 42.1 Å². The number of hydrogen-bond acceptors (Lipinski definition) is 3. The van der Waals surface area contributed by atoms with Crippen LogP contribution >= 0.6 is 0 Å². The van der Waals surface area contributed by atoms with E-state index >= 15 is 0 Å². The maximum absolute atomic E-state index is 14.7. The Morgan fingerprint density at radius 2 is 1.89 bits per heavy atom. The van der Waals surface area contributed by atoms with E-state index in [-0.39, 0.29) is 23.8 Å². The molecule has 6 heteroatoms. The fourth-order valence-electron chi connectivity index (χ4n) is 3.63. The SMILES string of the molecule is COc1ccc(-c2ccc(C(=O)N3CCCC(CCC(=O)O)C3)c(F)c2)cc1. The first-order chi connectivity index (χ1) is 13.5. The summed E-state index contributed by atoms with van der Waals surface area (Å²) in [5, 5.41) is 8.85. The van der Waals surface area contributed by atoms with Crippen molar-refractivity contribution in [3.63, 3.8) is 0 Å². The van der Waals surface area contributed by atoms with E-state index in [1.807, 2.05) is 12.1 Å². The first kappa shape index (κ1) is 19.9. The summed E-state index contributed by atoms with van der Waals surface area (Å²) in [5.41, 5.74) is 1.58. The Bertz CT molecular complexity index is 850. The predicted octanol–water partition coefficient (Wildman–Crippen LogP) is 4.22. The maximum atomic E-state index is 14.7. The average molecular weight is 385 g/mol. The molecule has 0 saturated carbocycles. The van der Waals surface area contributed by atoms with E-state index in [0.29, 0.717) is 25.1 Å². The summed E-state index contributed by atoms with van der Waals surface area (Å²) in [6.07, 6.45) is 2.34. The fraction of sp³-hybridized carbons (Fsp3) is 0.364. The van der Waals surface area contributed by atoms with Gasteiger partial charge in [-0.15, -0.1) is 0 Å². The van der Waals surface area contributed by atoms with Crippen molar-refractivity contribution >= 4 is 11.9 Å². The highest BCUT2D eigenvalue weighted by Crippen LogP contribution is 2.27. The van der Waals surface area contributed by atoms with Gasteiger partial charge in [-0.3, -0.25) is 9.59 Å². The first-order valence-electron chi connectivity index (χ1n) is 9.43. The van der Waals surface area contributed by atoms with Gasteiger partial charge in [-0.1, -0.05) is 18.2 Å². The highest BCUT2D eigenvalue weighted by Gasteiger charge is 2.26. The molecule has 5 nitrogen and oxygen atoms in total. The molecule has 0 bridgehead atoms. The lowest BCUT2D eigenvalue weighted by Gasteiger charge is -2.32. The second-order valence-corrected chi connectivity index (χ2v) is 7.11. The number of likely N-dealkylation sites (tertiary alicyclic amines) is 1. The van der Waals surface area contributed by atoms with Gasteiger partial charge >= 0.3 is 5.97 Å². The van der Waals surface area contributed by atoms with Crippen molar-refractivity contribution in [3.8, 4) is 16.9 Å². The number of methoxy groups -OCH3 is 1. The molecule has 1 aliphatic heterocycles. The van der Waals surface area contributed by atoms with E-state index in [0.717, 1.165) is 24.2 Å². The van der Waals surface area contributed by atoms with Crippen molar-refractivity contribution in [2.75, 3.05) is 20.2 Å². The minimum absolute atomic E-state index is 0.0520. The predicted molar refractivity (Wildman–Crippen MR) is 104 cm³/mol. The van der Waals surface area contributed by atoms with Gasteiger partial charge in [-0.05, 0) is 60.6 Å². The zero-order valence-corrected chi connectivity index (χ0v) is 15.9. The Morgan fingerprint density at radius 3 is 2.54 bits per heavy atom. The highest BCUT2D eigenvalue weighted by atomic mass is 19.1. The smallest absolute Gasteiger partial charge is 0.303 e. The van der Waals surface area contributed by atoms with Crippen LogP contribution in [0.25, 0.3) is 11.1 Å². The van der Waals surface area contributed by atoms with Crippen LogP contribution in [-0.2, 0) is 4.79 Å². The lowest BCUT2D eigenvalue weighted by atomic mass is 9.93. The molecule has 2 aromatic rings. The normalized spacial score (nSPS) is 16.6. The summed E-state index contributed by atoms with van der Waals surface area (Å²) in [5.74, 6) is -0.845. The molecule has 0 aromatic heterocycles. The number of carboxylic acids is 1. The van der Waals surface area contributed by atoms with Crippen LogP contribution in [0.1, 0.15) is 36.0 Å². The third kappa shape index (κ3) is 4.68. The number of hydrogen-bond donors (Lipinski definition) is 1. The van der Waals surface area contributed by atoms with Gasteiger partial charge in [0, 0.05) is 19.5 Å². The molecule has 1 saturated heterocycles. The Labute approximate surface area is 163 Å². The quantitative estimate of drug-likeness (QED) is 0.809. The second-order valence-electron chi connectivity index (χ2n) is 7.11. The van der Waals surface area contributed by atoms with E-state index in [9.17, 15) is 14.0 Å². The number of benzene rings is 2. The molecule has 1 fully saturated rings. The van der Waals surface area contributed by atoms with E-state index < -0.39 is 11.8 Å². The topological polar surface area (TPSA) is 66.8 Å². The third-order valence-corrected chi connectivity index (χ3v) is 5.20. The van der Waals surface area contributed by atoms with Crippen molar-refractivity contribution in [1.82, 2.24) is 4.90 Å². The molecule has 1 unspecified atom stereocenters. The molecule has 0 aliphatic carbocycles. The van der Waals surface area contributed by atoms with Crippen molar-refractivity contribution in [1.29, 1.82) is 0 Å². The number of piperidine rings is 1. The van der Waals surface area contributed by atoms with E-state index in [4.69, 9.17) is 9.84 Å². The number of ether oxygens (including phenoxy) is 1. The number of aliphatic carboxylic acids is 1. The average Bonchev–Trinajstić information content (AvgIpc) is 2.72. The van der Waals surface area contributed by atoms with Crippen LogP contribution in [0.5, 0.6) is 5.75 Å². The molecule has 28 heavy (non-hydrogen) atoms. The molecule has 1 aliphatic rings. The van der Waals surface area contributed by atoms with Crippen molar-refractivity contribution in [2.45, 2.75) is 25.7 Å². The number of carboxylic acid groups (broad SMARTS) is 1. The Hall–Kier alpha value is -2.89. The molecule has 3 rings (SSSR count). The molecule has 1 N–H and O–H groups in total.